The molecule has 6 heteroatoms. The van der Waals surface area contributed by atoms with Gasteiger partial charge in [0.1, 0.15) is 0 Å². The topological polar surface area (TPSA) is 66.6 Å². The van der Waals surface area contributed by atoms with Crippen molar-refractivity contribution in [1.82, 2.24) is 4.90 Å². The first-order chi connectivity index (χ1) is 4.84. The van der Waals surface area contributed by atoms with E-state index in [0.29, 0.717) is 6.73 Å². The van der Waals surface area contributed by atoms with E-state index in [2.05, 4.69) is 15.4 Å². The zero-order valence-corrected chi connectivity index (χ0v) is 5.39. The first-order valence-corrected chi connectivity index (χ1v) is 2.60. The molecule has 0 aromatic carbocycles. The average molecular weight is 142 g/mol. The molecule has 0 radical (unpaired) electrons. The molecule has 0 aromatic heterocycles. The second kappa shape index (κ2) is 2.90. The molecule has 54 valence electrons. The summed E-state index contributed by atoms with van der Waals surface area (Å²) < 4.78 is 4.77. The predicted molar refractivity (Wildman–Crippen MR) is 35.4 cm³/mol. The van der Waals surface area contributed by atoms with Crippen molar-refractivity contribution < 1.29 is 4.74 Å². The number of nitroso groups, excluding NO2 is 1. The summed E-state index contributed by atoms with van der Waals surface area (Å²) in [5.74, 6) is 0.265. The molecule has 0 atom stereocenters. The van der Waals surface area contributed by atoms with Crippen LogP contribution in [-0.2, 0) is 4.74 Å². The maximum Gasteiger partial charge on any atom is 0.253 e. The zero-order valence-electron chi connectivity index (χ0n) is 5.39. The molecule has 1 heterocycles. The van der Waals surface area contributed by atoms with E-state index in [1.165, 1.54) is 6.40 Å². The number of aliphatic imine (C=N–C) groups is 1. The largest absolute Gasteiger partial charge is 0.462 e. The molecule has 0 aromatic rings. The van der Waals surface area contributed by atoms with Crippen molar-refractivity contribution in [2.24, 2.45) is 15.4 Å². The number of hydrogen-bond acceptors (Lipinski definition) is 3. The van der Waals surface area contributed by atoms with Crippen LogP contribution in [0.5, 0.6) is 0 Å². The van der Waals surface area contributed by atoms with Crippen LogP contribution in [0.3, 0.4) is 0 Å². The van der Waals surface area contributed by atoms with Crippen molar-refractivity contribution in [1.29, 1.82) is 0 Å². The first kappa shape index (κ1) is 6.66. The van der Waals surface area contributed by atoms with Gasteiger partial charge < -0.3 is 9.64 Å². The van der Waals surface area contributed by atoms with Gasteiger partial charge in [-0.25, -0.2) is 0 Å². The van der Waals surface area contributed by atoms with Crippen LogP contribution in [0.25, 0.3) is 0 Å². The number of guanidine groups is 1. The molecule has 0 saturated carbocycles. The van der Waals surface area contributed by atoms with Gasteiger partial charge in [-0.3, -0.25) is 0 Å². The number of ether oxygens (including phenoxy) is 1. The lowest BCUT2D eigenvalue weighted by atomic mass is 10.8. The van der Waals surface area contributed by atoms with Crippen molar-refractivity contribution >= 4 is 12.4 Å². The number of hydrogen-bond donors (Lipinski definition) is 0. The first-order valence-electron chi connectivity index (χ1n) is 2.60. The summed E-state index contributed by atoms with van der Waals surface area (Å²) >= 11 is 0. The molecule has 0 bridgehead atoms. The minimum atomic E-state index is 0.265. The lowest BCUT2D eigenvalue weighted by Crippen LogP contribution is -2.31. The van der Waals surface area contributed by atoms with Crippen molar-refractivity contribution in [3.05, 3.63) is 4.91 Å². The van der Waals surface area contributed by atoms with Crippen LogP contribution in [0.2, 0.25) is 0 Å². The molecule has 10 heavy (non-hydrogen) atoms. The Kier molecular flexibility index (Phi) is 1.93. The van der Waals surface area contributed by atoms with Gasteiger partial charge >= 0.3 is 0 Å². The third-order valence-electron chi connectivity index (χ3n) is 0.983. The monoisotopic (exact) mass is 142 g/mol. The zero-order chi connectivity index (χ0) is 7.40. The minimum absolute atomic E-state index is 0.265. The van der Waals surface area contributed by atoms with Gasteiger partial charge in [-0.15, -0.1) is 4.91 Å². The van der Waals surface area contributed by atoms with E-state index in [1.54, 1.807) is 11.9 Å². The lowest BCUT2D eigenvalue weighted by Gasteiger charge is -2.18. The molecule has 0 amide bonds. The van der Waals surface area contributed by atoms with Gasteiger partial charge in [0, 0.05) is 7.05 Å². The van der Waals surface area contributed by atoms with Gasteiger partial charge in [0.05, 0.1) is 5.29 Å². The molecule has 1 aliphatic rings. The maximum atomic E-state index is 9.64. The summed E-state index contributed by atoms with van der Waals surface area (Å²) in [7, 11) is 1.69. The van der Waals surface area contributed by atoms with Gasteiger partial charge in [0.15, 0.2) is 13.1 Å². The molecule has 0 N–H and O–H groups in total. The Hall–Kier alpha value is -1.46. The Morgan fingerprint density at radius 3 is 3.30 bits per heavy atom. The smallest absolute Gasteiger partial charge is 0.253 e. The molecular formula is C4H6N4O2. The van der Waals surface area contributed by atoms with Crippen LogP contribution in [0, 0.1) is 4.91 Å². The van der Waals surface area contributed by atoms with Crippen molar-refractivity contribution in [3.63, 3.8) is 0 Å². The van der Waals surface area contributed by atoms with Crippen LogP contribution >= 0.6 is 0 Å². The minimum Gasteiger partial charge on any atom is -0.462 e. The summed E-state index contributed by atoms with van der Waals surface area (Å²) in [6, 6.07) is 0. The summed E-state index contributed by atoms with van der Waals surface area (Å²) in [4.78, 5) is 14.8. The molecule has 0 saturated heterocycles. The van der Waals surface area contributed by atoms with E-state index in [0.717, 1.165) is 0 Å². The lowest BCUT2D eigenvalue weighted by molar-refractivity contribution is 0.200. The van der Waals surface area contributed by atoms with Gasteiger partial charge in [-0.05, 0) is 0 Å². The fourth-order valence-electron chi connectivity index (χ4n) is 0.525. The van der Waals surface area contributed by atoms with Crippen LogP contribution in [0.15, 0.2) is 15.4 Å². The molecule has 6 nitrogen and oxygen atoms in total. The van der Waals surface area contributed by atoms with Gasteiger partial charge in [-0.2, -0.15) is 4.99 Å². The van der Waals surface area contributed by atoms with E-state index in [4.69, 9.17) is 4.74 Å². The maximum absolute atomic E-state index is 9.64. The molecular weight excluding hydrogens is 136 g/mol. The highest BCUT2D eigenvalue weighted by molar-refractivity contribution is 5.87. The Labute approximate surface area is 57.2 Å². The highest BCUT2D eigenvalue weighted by atomic mass is 16.5. The second-order valence-corrected chi connectivity index (χ2v) is 1.71. The Morgan fingerprint density at radius 1 is 1.90 bits per heavy atom. The molecule has 1 rings (SSSR count). The summed E-state index contributed by atoms with van der Waals surface area (Å²) in [5.41, 5.74) is 0. The van der Waals surface area contributed by atoms with Gasteiger partial charge in [0.2, 0.25) is 0 Å². The highest BCUT2D eigenvalue weighted by Crippen LogP contribution is 1.95. The van der Waals surface area contributed by atoms with Crippen molar-refractivity contribution in [3.8, 4) is 0 Å². The Morgan fingerprint density at radius 2 is 2.70 bits per heavy atom. The van der Waals surface area contributed by atoms with E-state index in [9.17, 15) is 4.91 Å². The predicted octanol–water partition coefficient (Wildman–Crippen LogP) is -0.0284. The van der Waals surface area contributed by atoms with Crippen LogP contribution in [0.1, 0.15) is 0 Å². The summed E-state index contributed by atoms with van der Waals surface area (Å²) in [6.07, 6.45) is 1.23. The third kappa shape index (κ3) is 1.28. The normalized spacial score (nSPS) is 20.9. The van der Waals surface area contributed by atoms with Gasteiger partial charge in [0.25, 0.3) is 5.96 Å². The highest BCUT2D eigenvalue weighted by Gasteiger charge is 2.08. The Bertz CT molecular complexity index is 188. The van der Waals surface area contributed by atoms with Crippen molar-refractivity contribution in [2.75, 3.05) is 13.8 Å². The van der Waals surface area contributed by atoms with Gasteiger partial charge in [-0.1, -0.05) is 5.10 Å². The quantitative estimate of drug-likeness (QED) is 0.381. The molecule has 0 spiro atoms. The van der Waals surface area contributed by atoms with E-state index in [1.807, 2.05) is 0 Å². The van der Waals surface area contributed by atoms with E-state index < -0.39 is 0 Å². The van der Waals surface area contributed by atoms with Crippen molar-refractivity contribution in [2.45, 2.75) is 0 Å². The second-order valence-electron chi connectivity index (χ2n) is 1.71. The molecule has 0 unspecified atom stereocenters. The van der Waals surface area contributed by atoms with Crippen LogP contribution in [0.4, 0.5) is 0 Å². The molecule has 0 aliphatic carbocycles. The summed E-state index contributed by atoms with van der Waals surface area (Å²) in [6.45, 7) is 0.345. The fraction of sp³-hybridized carbons (Fsp3) is 0.500. The Balaban J connectivity index is 2.72. The van der Waals surface area contributed by atoms with Crippen LogP contribution < -0.4 is 0 Å². The number of rotatable bonds is 1. The standard InChI is InChI=1S/C4H6N4O2/c1-8-3-10-2-5-4(8)6-7-9/h2H,3H2,1H3/b6-4+. The third-order valence-corrected chi connectivity index (χ3v) is 0.983. The molecule has 0 fully saturated rings. The van der Waals surface area contributed by atoms with Crippen LogP contribution in [-0.4, -0.2) is 31.0 Å². The van der Waals surface area contributed by atoms with E-state index in [-0.39, 0.29) is 5.96 Å². The fourth-order valence-corrected chi connectivity index (χ4v) is 0.525. The number of nitrogens with zero attached hydrogens (tertiary/aromatic N) is 4. The SMILES string of the molecule is CN1COC=N/C1=N\N=O. The average Bonchev–Trinajstić information content (AvgIpc) is 1.94. The molecule has 1 aliphatic heterocycles. The summed E-state index contributed by atoms with van der Waals surface area (Å²) in [5, 5.41) is 5.54. The van der Waals surface area contributed by atoms with E-state index >= 15 is 0 Å².